The van der Waals surface area contributed by atoms with Gasteiger partial charge in [0.1, 0.15) is 18.5 Å². The van der Waals surface area contributed by atoms with E-state index in [1.54, 1.807) is 12.1 Å². The van der Waals surface area contributed by atoms with Crippen LogP contribution in [0.1, 0.15) is 17.2 Å². The molecule has 1 heterocycles. The summed E-state index contributed by atoms with van der Waals surface area (Å²) in [5, 5.41) is 0. The van der Waals surface area contributed by atoms with E-state index in [2.05, 4.69) is 12.1 Å². The van der Waals surface area contributed by atoms with Crippen molar-refractivity contribution in [1.82, 2.24) is 4.90 Å². The van der Waals surface area contributed by atoms with Crippen molar-refractivity contribution < 1.29 is 13.9 Å². The molecule has 4 heteroatoms. The normalized spacial score (nSPS) is 18.5. The molecule has 0 N–H and O–H groups in total. The number of halogens is 1. The van der Waals surface area contributed by atoms with Gasteiger partial charge in [-0.25, -0.2) is 4.39 Å². The summed E-state index contributed by atoms with van der Waals surface area (Å²) in [7, 11) is 0. The molecule has 22 heavy (non-hydrogen) atoms. The first-order valence-corrected chi connectivity index (χ1v) is 7.41. The lowest BCUT2D eigenvalue weighted by Gasteiger charge is -2.33. The average molecular weight is 299 g/mol. The molecular weight excluding hydrogens is 281 g/mol. The fourth-order valence-corrected chi connectivity index (χ4v) is 2.62. The SMILES string of the molecule is O=C1CO[C@H](c2ccc(F)cc2)CN1CCc1ccccc1. The molecule has 2 aromatic carbocycles. The van der Waals surface area contributed by atoms with Crippen molar-refractivity contribution >= 4 is 5.91 Å². The quantitative estimate of drug-likeness (QED) is 0.868. The number of amides is 1. The van der Waals surface area contributed by atoms with Gasteiger partial charge in [-0.2, -0.15) is 0 Å². The Kier molecular flexibility index (Phi) is 4.49. The number of benzene rings is 2. The van der Waals surface area contributed by atoms with Gasteiger partial charge in [0.2, 0.25) is 5.91 Å². The molecule has 0 radical (unpaired) electrons. The van der Waals surface area contributed by atoms with Crippen LogP contribution in [-0.4, -0.2) is 30.5 Å². The highest BCUT2D eigenvalue weighted by Crippen LogP contribution is 2.23. The second-order valence-electron chi connectivity index (χ2n) is 5.43. The predicted octanol–water partition coefficient (Wildman–Crippen LogP) is 2.97. The van der Waals surface area contributed by atoms with Gasteiger partial charge in [0, 0.05) is 6.54 Å². The van der Waals surface area contributed by atoms with Crippen LogP contribution in [0.3, 0.4) is 0 Å². The average Bonchev–Trinajstić information content (AvgIpc) is 2.56. The maximum Gasteiger partial charge on any atom is 0.248 e. The van der Waals surface area contributed by atoms with E-state index < -0.39 is 0 Å². The Hall–Kier alpha value is -2.20. The van der Waals surface area contributed by atoms with Crippen molar-refractivity contribution in [3.05, 3.63) is 71.5 Å². The fraction of sp³-hybridized carbons (Fsp3) is 0.278. The molecule has 3 nitrogen and oxygen atoms in total. The van der Waals surface area contributed by atoms with Gasteiger partial charge >= 0.3 is 0 Å². The van der Waals surface area contributed by atoms with Crippen molar-refractivity contribution in [2.75, 3.05) is 19.7 Å². The summed E-state index contributed by atoms with van der Waals surface area (Å²) in [6.07, 6.45) is 0.636. The summed E-state index contributed by atoms with van der Waals surface area (Å²) in [5.41, 5.74) is 2.11. The molecule has 0 unspecified atom stereocenters. The van der Waals surface area contributed by atoms with E-state index in [9.17, 15) is 9.18 Å². The maximum absolute atomic E-state index is 13.0. The van der Waals surface area contributed by atoms with Crippen molar-refractivity contribution in [2.24, 2.45) is 0 Å². The standard InChI is InChI=1S/C18H18FNO2/c19-16-8-6-15(7-9-16)17-12-20(18(21)13-22-17)11-10-14-4-2-1-3-5-14/h1-9,17H,10-13H2/t17-/m0/s1. The van der Waals surface area contributed by atoms with Crippen molar-refractivity contribution in [2.45, 2.75) is 12.5 Å². The van der Waals surface area contributed by atoms with Crippen LogP contribution in [-0.2, 0) is 16.0 Å². The van der Waals surface area contributed by atoms with Gasteiger partial charge < -0.3 is 9.64 Å². The monoisotopic (exact) mass is 299 g/mol. The second-order valence-corrected chi connectivity index (χ2v) is 5.43. The van der Waals surface area contributed by atoms with E-state index in [0.29, 0.717) is 13.1 Å². The molecule has 2 aromatic rings. The van der Waals surface area contributed by atoms with Gasteiger partial charge in [-0.1, -0.05) is 42.5 Å². The van der Waals surface area contributed by atoms with Crippen molar-refractivity contribution in [1.29, 1.82) is 0 Å². The third kappa shape index (κ3) is 3.52. The maximum atomic E-state index is 13.0. The lowest BCUT2D eigenvalue weighted by molar-refractivity contribution is -0.149. The summed E-state index contributed by atoms with van der Waals surface area (Å²) < 4.78 is 18.6. The van der Waals surface area contributed by atoms with Gasteiger partial charge in [-0.05, 0) is 29.7 Å². The Morgan fingerprint density at radius 2 is 1.82 bits per heavy atom. The zero-order valence-corrected chi connectivity index (χ0v) is 12.2. The number of morpholine rings is 1. The van der Waals surface area contributed by atoms with Crippen LogP contribution in [0.5, 0.6) is 0 Å². The van der Waals surface area contributed by atoms with Crippen molar-refractivity contribution in [3.63, 3.8) is 0 Å². The van der Waals surface area contributed by atoms with Gasteiger partial charge in [-0.15, -0.1) is 0 Å². The molecule has 1 atom stereocenters. The van der Waals surface area contributed by atoms with E-state index in [1.807, 2.05) is 23.1 Å². The second kappa shape index (κ2) is 6.71. The number of carbonyl (C=O) groups excluding carboxylic acids is 1. The Balaban J connectivity index is 1.63. The lowest BCUT2D eigenvalue weighted by atomic mass is 10.1. The zero-order valence-electron chi connectivity index (χ0n) is 12.2. The van der Waals surface area contributed by atoms with E-state index in [4.69, 9.17) is 4.74 Å². The number of carbonyl (C=O) groups is 1. The molecule has 114 valence electrons. The Morgan fingerprint density at radius 1 is 1.09 bits per heavy atom. The van der Waals surface area contributed by atoms with Gasteiger partial charge in [0.05, 0.1) is 6.54 Å². The summed E-state index contributed by atoms with van der Waals surface area (Å²) >= 11 is 0. The summed E-state index contributed by atoms with van der Waals surface area (Å²) in [5.74, 6) is -0.258. The highest BCUT2D eigenvalue weighted by Gasteiger charge is 2.27. The number of hydrogen-bond acceptors (Lipinski definition) is 2. The summed E-state index contributed by atoms with van der Waals surface area (Å²) in [6.45, 7) is 1.26. The molecule has 0 saturated carbocycles. The largest absolute Gasteiger partial charge is 0.362 e. The van der Waals surface area contributed by atoms with Gasteiger partial charge in [-0.3, -0.25) is 4.79 Å². The predicted molar refractivity (Wildman–Crippen MR) is 81.8 cm³/mol. The number of rotatable bonds is 4. The van der Waals surface area contributed by atoms with Crippen molar-refractivity contribution in [3.8, 4) is 0 Å². The highest BCUT2D eigenvalue weighted by molar-refractivity contribution is 5.78. The van der Waals surface area contributed by atoms with E-state index in [1.165, 1.54) is 17.7 Å². The van der Waals surface area contributed by atoms with Crippen LogP contribution < -0.4 is 0 Å². The third-order valence-electron chi connectivity index (χ3n) is 3.90. The molecule has 1 fully saturated rings. The molecule has 1 saturated heterocycles. The highest BCUT2D eigenvalue weighted by atomic mass is 19.1. The molecule has 0 bridgehead atoms. The van der Waals surface area contributed by atoms with Crippen LogP contribution in [0, 0.1) is 5.82 Å². The van der Waals surface area contributed by atoms with E-state index in [-0.39, 0.29) is 24.4 Å². The fourth-order valence-electron chi connectivity index (χ4n) is 2.62. The van der Waals surface area contributed by atoms with Crippen LogP contribution in [0.25, 0.3) is 0 Å². The smallest absolute Gasteiger partial charge is 0.248 e. The summed E-state index contributed by atoms with van der Waals surface area (Å²) in [4.78, 5) is 13.8. The first-order chi connectivity index (χ1) is 10.7. The molecule has 1 aliphatic rings. The Morgan fingerprint density at radius 3 is 2.55 bits per heavy atom. The van der Waals surface area contributed by atoms with Gasteiger partial charge in [0.25, 0.3) is 0 Å². The van der Waals surface area contributed by atoms with Crippen LogP contribution >= 0.6 is 0 Å². The van der Waals surface area contributed by atoms with E-state index >= 15 is 0 Å². The number of ether oxygens (including phenoxy) is 1. The number of hydrogen-bond donors (Lipinski definition) is 0. The Labute approximate surface area is 129 Å². The topological polar surface area (TPSA) is 29.5 Å². The van der Waals surface area contributed by atoms with Crippen LogP contribution in [0.2, 0.25) is 0 Å². The van der Waals surface area contributed by atoms with Gasteiger partial charge in [0.15, 0.2) is 0 Å². The molecule has 0 aromatic heterocycles. The minimum atomic E-state index is -0.267. The first kappa shape index (κ1) is 14.7. The minimum absolute atomic E-state index is 0.00860. The van der Waals surface area contributed by atoms with Crippen LogP contribution in [0.4, 0.5) is 4.39 Å². The first-order valence-electron chi connectivity index (χ1n) is 7.41. The molecule has 1 amide bonds. The van der Waals surface area contributed by atoms with Crippen LogP contribution in [0.15, 0.2) is 54.6 Å². The molecule has 3 rings (SSSR count). The lowest BCUT2D eigenvalue weighted by Crippen LogP contribution is -2.44. The molecule has 0 spiro atoms. The zero-order chi connectivity index (χ0) is 15.4. The molecule has 1 aliphatic heterocycles. The molecule has 0 aliphatic carbocycles. The number of nitrogens with zero attached hydrogens (tertiary/aromatic N) is 1. The molecular formula is C18H18FNO2. The Bertz CT molecular complexity index is 627. The van der Waals surface area contributed by atoms with E-state index in [0.717, 1.165) is 12.0 Å². The summed E-state index contributed by atoms with van der Waals surface area (Å²) in [6, 6.07) is 16.4. The third-order valence-corrected chi connectivity index (χ3v) is 3.90. The minimum Gasteiger partial charge on any atom is -0.362 e.